The number of benzene rings is 1. The minimum atomic E-state index is -0.634. The molecular formula is C12H12N6O3. The van der Waals surface area contributed by atoms with Gasteiger partial charge < -0.3 is 10.1 Å². The van der Waals surface area contributed by atoms with Gasteiger partial charge in [-0.05, 0) is 10.8 Å². The molecule has 0 radical (unpaired) electrons. The van der Waals surface area contributed by atoms with Crippen LogP contribution in [0.15, 0.2) is 30.3 Å². The van der Waals surface area contributed by atoms with Crippen molar-refractivity contribution in [3.8, 4) is 0 Å². The molecule has 108 valence electrons. The summed E-state index contributed by atoms with van der Waals surface area (Å²) in [6.45, 7) is 0.445. The van der Waals surface area contributed by atoms with Crippen LogP contribution in [-0.2, 0) is 16.1 Å². The predicted molar refractivity (Wildman–Crippen MR) is 70.1 cm³/mol. The summed E-state index contributed by atoms with van der Waals surface area (Å²) in [5.41, 5.74) is 0.876. The molecule has 1 aromatic carbocycles. The van der Waals surface area contributed by atoms with Gasteiger partial charge in [0, 0.05) is 0 Å². The number of hydrogen-bond acceptors (Lipinski definition) is 6. The van der Waals surface area contributed by atoms with E-state index in [2.05, 4.69) is 25.9 Å². The molecule has 2 amide bonds. The van der Waals surface area contributed by atoms with Gasteiger partial charge in [0.1, 0.15) is 12.6 Å². The highest BCUT2D eigenvalue weighted by Crippen LogP contribution is 2.16. The zero-order valence-electron chi connectivity index (χ0n) is 10.9. The molecule has 1 fully saturated rings. The fraction of sp³-hybridized carbons (Fsp3) is 0.250. The van der Waals surface area contributed by atoms with Gasteiger partial charge in [0.25, 0.3) is 11.9 Å². The molecule has 1 aliphatic rings. The Bertz CT molecular complexity index is 630. The van der Waals surface area contributed by atoms with Gasteiger partial charge in [0.15, 0.2) is 0 Å². The predicted octanol–water partition coefficient (Wildman–Crippen LogP) is -0.159. The SMILES string of the molecule is O=C(N[C@H]1CN(c2nn[nH]n2)C1=O)OCc1ccccc1. The molecule has 2 heterocycles. The van der Waals surface area contributed by atoms with Gasteiger partial charge in [-0.25, -0.2) is 4.79 Å². The van der Waals surface area contributed by atoms with Gasteiger partial charge in [0.05, 0.1) is 6.54 Å². The molecule has 1 aromatic heterocycles. The number of ether oxygens (including phenoxy) is 1. The van der Waals surface area contributed by atoms with Crippen LogP contribution in [0.5, 0.6) is 0 Å². The molecule has 0 aliphatic carbocycles. The summed E-state index contributed by atoms with van der Waals surface area (Å²) in [5, 5.41) is 15.5. The van der Waals surface area contributed by atoms with E-state index in [0.29, 0.717) is 6.54 Å². The van der Waals surface area contributed by atoms with E-state index >= 15 is 0 Å². The van der Waals surface area contributed by atoms with Gasteiger partial charge in [-0.3, -0.25) is 9.69 Å². The molecule has 2 N–H and O–H groups in total. The van der Waals surface area contributed by atoms with Crippen LogP contribution < -0.4 is 10.2 Å². The Morgan fingerprint density at radius 3 is 2.90 bits per heavy atom. The highest BCUT2D eigenvalue weighted by molar-refractivity contribution is 6.04. The number of hydrogen-bond donors (Lipinski definition) is 2. The van der Waals surface area contributed by atoms with Gasteiger partial charge in [-0.2, -0.15) is 5.21 Å². The van der Waals surface area contributed by atoms with Gasteiger partial charge in [-0.15, -0.1) is 5.10 Å². The standard InChI is InChI=1S/C12H12N6O3/c19-10-9(6-18(10)11-14-16-17-15-11)13-12(20)21-7-8-4-2-1-3-5-8/h1-5,9H,6-7H2,(H,13,20)(H,14,15,16,17)/t9-/m0/s1. The molecule has 9 heteroatoms. The van der Waals surface area contributed by atoms with E-state index in [1.165, 1.54) is 4.90 Å². The normalized spacial score (nSPS) is 17.2. The minimum Gasteiger partial charge on any atom is -0.445 e. The lowest BCUT2D eigenvalue weighted by Crippen LogP contribution is -2.64. The number of aromatic nitrogens is 4. The molecule has 1 atom stereocenters. The van der Waals surface area contributed by atoms with E-state index in [1.807, 2.05) is 30.3 Å². The first-order valence-electron chi connectivity index (χ1n) is 6.26. The van der Waals surface area contributed by atoms with E-state index in [1.54, 1.807) is 0 Å². The highest BCUT2D eigenvalue weighted by Gasteiger charge is 2.41. The second kappa shape index (κ2) is 5.57. The monoisotopic (exact) mass is 288 g/mol. The van der Waals surface area contributed by atoms with Crippen LogP contribution in [0.1, 0.15) is 5.56 Å². The third-order valence-corrected chi connectivity index (χ3v) is 3.01. The Morgan fingerprint density at radius 2 is 2.24 bits per heavy atom. The van der Waals surface area contributed by atoms with E-state index < -0.39 is 12.1 Å². The summed E-state index contributed by atoms with van der Waals surface area (Å²) in [6, 6.07) is 8.67. The number of tetrazole rings is 1. The van der Waals surface area contributed by atoms with Gasteiger partial charge >= 0.3 is 6.09 Å². The van der Waals surface area contributed by atoms with Crippen LogP contribution in [0.2, 0.25) is 0 Å². The maximum absolute atomic E-state index is 11.8. The van der Waals surface area contributed by atoms with E-state index in [-0.39, 0.29) is 18.5 Å². The summed E-state index contributed by atoms with van der Waals surface area (Å²) in [7, 11) is 0. The maximum atomic E-state index is 11.8. The number of rotatable bonds is 4. The third-order valence-electron chi connectivity index (χ3n) is 3.01. The molecule has 0 saturated carbocycles. The van der Waals surface area contributed by atoms with Crippen molar-refractivity contribution in [2.75, 3.05) is 11.4 Å². The Labute approximate surface area is 119 Å². The first-order valence-corrected chi connectivity index (χ1v) is 6.26. The molecule has 21 heavy (non-hydrogen) atoms. The van der Waals surface area contributed by atoms with Crippen molar-refractivity contribution < 1.29 is 14.3 Å². The lowest BCUT2D eigenvalue weighted by atomic mass is 10.1. The van der Waals surface area contributed by atoms with Crippen LogP contribution in [0.3, 0.4) is 0 Å². The smallest absolute Gasteiger partial charge is 0.408 e. The summed E-state index contributed by atoms with van der Waals surface area (Å²) >= 11 is 0. The number of nitrogens with one attached hydrogen (secondary N) is 2. The molecule has 9 nitrogen and oxygen atoms in total. The molecule has 0 spiro atoms. The van der Waals surface area contributed by atoms with Crippen molar-refractivity contribution in [2.45, 2.75) is 12.6 Å². The number of carbonyl (C=O) groups is 2. The van der Waals surface area contributed by atoms with Crippen LogP contribution in [-0.4, -0.2) is 45.2 Å². The zero-order valence-corrected chi connectivity index (χ0v) is 10.9. The first kappa shape index (κ1) is 13.0. The molecule has 1 aliphatic heterocycles. The Hall–Kier alpha value is -2.97. The Kier molecular flexibility index (Phi) is 3.46. The summed E-state index contributed by atoms with van der Waals surface area (Å²) in [4.78, 5) is 24.7. The van der Waals surface area contributed by atoms with Gasteiger partial charge in [0.2, 0.25) is 0 Å². The summed E-state index contributed by atoms with van der Waals surface area (Å²) in [6.07, 6.45) is -0.634. The number of β-lactam (4-membered cyclic amide) rings is 1. The molecular weight excluding hydrogens is 276 g/mol. The van der Waals surface area contributed by atoms with Crippen LogP contribution >= 0.6 is 0 Å². The highest BCUT2D eigenvalue weighted by atomic mass is 16.5. The fourth-order valence-corrected chi connectivity index (χ4v) is 1.89. The van der Waals surface area contributed by atoms with Gasteiger partial charge in [-0.1, -0.05) is 35.4 Å². The fourth-order valence-electron chi connectivity index (χ4n) is 1.89. The Balaban J connectivity index is 1.45. The number of H-pyrrole nitrogens is 1. The second-order valence-corrected chi connectivity index (χ2v) is 4.42. The maximum Gasteiger partial charge on any atom is 0.408 e. The van der Waals surface area contributed by atoms with Crippen molar-refractivity contribution >= 4 is 17.9 Å². The van der Waals surface area contributed by atoms with E-state index in [4.69, 9.17) is 4.74 Å². The Morgan fingerprint density at radius 1 is 1.43 bits per heavy atom. The molecule has 3 rings (SSSR count). The molecule has 0 bridgehead atoms. The number of anilines is 1. The largest absolute Gasteiger partial charge is 0.445 e. The minimum absolute atomic E-state index is 0.155. The zero-order chi connectivity index (χ0) is 14.7. The summed E-state index contributed by atoms with van der Waals surface area (Å²) < 4.78 is 5.04. The topological polar surface area (TPSA) is 113 Å². The number of amides is 2. The quantitative estimate of drug-likeness (QED) is 0.756. The second-order valence-electron chi connectivity index (χ2n) is 4.42. The number of nitrogens with zero attached hydrogens (tertiary/aromatic N) is 4. The lowest BCUT2D eigenvalue weighted by Gasteiger charge is -2.35. The van der Waals surface area contributed by atoms with Crippen molar-refractivity contribution in [3.05, 3.63) is 35.9 Å². The van der Waals surface area contributed by atoms with Crippen molar-refractivity contribution in [1.29, 1.82) is 0 Å². The summed E-state index contributed by atoms with van der Waals surface area (Å²) in [5.74, 6) is -0.108. The number of aromatic amines is 1. The average molecular weight is 288 g/mol. The number of carbonyl (C=O) groups excluding carboxylic acids is 2. The van der Waals surface area contributed by atoms with E-state index in [0.717, 1.165) is 5.56 Å². The van der Waals surface area contributed by atoms with Crippen LogP contribution in [0.25, 0.3) is 0 Å². The van der Waals surface area contributed by atoms with Crippen molar-refractivity contribution in [1.82, 2.24) is 25.9 Å². The number of alkyl carbamates (subject to hydrolysis) is 1. The van der Waals surface area contributed by atoms with Crippen molar-refractivity contribution in [2.24, 2.45) is 0 Å². The van der Waals surface area contributed by atoms with Crippen molar-refractivity contribution in [3.63, 3.8) is 0 Å². The van der Waals surface area contributed by atoms with E-state index in [9.17, 15) is 9.59 Å². The molecule has 0 unspecified atom stereocenters. The van der Waals surface area contributed by atoms with Crippen LogP contribution in [0, 0.1) is 0 Å². The molecule has 1 saturated heterocycles. The lowest BCUT2D eigenvalue weighted by molar-refractivity contribution is -0.124. The first-order chi connectivity index (χ1) is 10.2. The third kappa shape index (κ3) is 2.81. The average Bonchev–Trinajstić information content (AvgIpc) is 3.03. The molecule has 2 aromatic rings. The van der Waals surface area contributed by atoms with Crippen LogP contribution in [0.4, 0.5) is 10.7 Å².